The van der Waals surface area contributed by atoms with Crippen LogP contribution < -0.4 is 5.32 Å². The highest BCUT2D eigenvalue weighted by Crippen LogP contribution is 2.28. The Hall–Kier alpha value is -1.99. The van der Waals surface area contributed by atoms with E-state index in [-0.39, 0.29) is 30.2 Å². The number of hydrogen-bond acceptors (Lipinski definition) is 5. The van der Waals surface area contributed by atoms with E-state index >= 15 is 0 Å². The van der Waals surface area contributed by atoms with Gasteiger partial charge in [-0.1, -0.05) is 17.4 Å². The van der Waals surface area contributed by atoms with Gasteiger partial charge in [-0.25, -0.2) is 4.98 Å². The van der Waals surface area contributed by atoms with Crippen LogP contribution in [-0.4, -0.2) is 48.0 Å². The van der Waals surface area contributed by atoms with Gasteiger partial charge < -0.3 is 15.0 Å². The summed E-state index contributed by atoms with van der Waals surface area (Å²) in [6, 6.07) is 5.98. The second kappa shape index (κ2) is 6.86. The van der Waals surface area contributed by atoms with Crippen LogP contribution in [0.4, 0.5) is 5.13 Å². The van der Waals surface area contributed by atoms with Gasteiger partial charge in [-0.05, 0) is 31.5 Å². The van der Waals surface area contributed by atoms with Gasteiger partial charge in [0.2, 0.25) is 11.8 Å². The molecule has 7 heteroatoms. The lowest BCUT2D eigenvalue weighted by Crippen LogP contribution is -2.38. The van der Waals surface area contributed by atoms with E-state index in [1.807, 2.05) is 26.0 Å². The Labute approximate surface area is 144 Å². The summed E-state index contributed by atoms with van der Waals surface area (Å²) >= 11 is 1.45. The smallest absolute Gasteiger partial charge is 0.231 e. The van der Waals surface area contributed by atoms with Crippen LogP contribution in [0.25, 0.3) is 10.2 Å². The van der Waals surface area contributed by atoms with Gasteiger partial charge in [-0.2, -0.15) is 0 Å². The van der Waals surface area contributed by atoms with Gasteiger partial charge in [-0.15, -0.1) is 0 Å². The summed E-state index contributed by atoms with van der Waals surface area (Å²) in [5, 5.41) is 3.44. The third kappa shape index (κ3) is 3.42. The predicted octanol–water partition coefficient (Wildman–Crippen LogP) is 2.43. The molecule has 0 spiro atoms. The number of rotatable bonds is 5. The predicted molar refractivity (Wildman–Crippen MR) is 94.1 cm³/mol. The molecule has 0 aliphatic carbocycles. The normalized spacial score (nSPS) is 19.0. The maximum atomic E-state index is 12.5. The molecule has 2 aromatic rings. The zero-order valence-corrected chi connectivity index (χ0v) is 14.9. The highest BCUT2D eigenvalue weighted by atomic mass is 32.1. The second-order valence-electron chi connectivity index (χ2n) is 6.23. The molecule has 1 aromatic carbocycles. The third-order valence-electron chi connectivity index (χ3n) is 4.24. The molecule has 0 radical (unpaired) electrons. The number of aryl methyl sites for hydroxylation is 1. The first-order valence-corrected chi connectivity index (χ1v) is 8.76. The number of likely N-dealkylation sites (tertiary alicyclic amines) is 1. The van der Waals surface area contributed by atoms with Crippen molar-refractivity contribution in [3.8, 4) is 0 Å². The number of benzene rings is 1. The van der Waals surface area contributed by atoms with Crippen molar-refractivity contribution in [1.82, 2.24) is 9.88 Å². The third-order valence-corrected chi connectivity index (χ3v) is 5.18. The van der Waals surface area contributed by atoms with Crippen LogP contribution >= 0.6 is 11.3 Å². The number of methoxy groups -OCH3 is 1. The Kier molecular flexibility index (Phi) is 4.82. The van der Waals surface area contributed by atoms with Gasteiger partial charge in [-0.3, -0.25) is 9.59 Å². The fourth-order valence-electron chi connectivity index (χ4n) is 2.96. The average molecular weight is 347 g/mol. The summed E-state index contributed by atoms with van der Waals surface area (Å²) in [6.45, 7) is 4.85. The molecule has 6 nitrogen and oxygen atoms in total. The molecule has 1 aliphatic heterocycles. The van der Waals surface area contributed by atoms with Crippen LogP contribution in [0.1, 0.15) is 18.9 Å². The molecule has 128 valence electrons. The molecule has 2 amide bonds. The lowest BCUT2D eigenvalue weighted by molar-refractivity contribution is -0.130. The summed E-state index contributed by atoms with van der Waals surface area (Å²) in [4.78, 5) is 30.7. The van der Waals surface area contributed by atoms with E-state index in [0.717, 1.165) is 15.8 Å². The highest BCUT2D eigenvalue weighted by Gasteiger charge is 2.36. The number of thiazole rings is 1. The zero-order chi connectivity index (χ0) is 17.3. The number of hydrogen-bond donors (Lipinski definition) is 1. The quantitative estimate of drug-likeness (QED) is 0.902. The number of fused-ring (bicyclic) bond motifs is 1. The second-order valence-corrected chi connectivity index (χ2v) is 7.26. The van der Waals surface area contributed by atoms with Gasteiger partial charge in [0.05, 0.1) is 28.8 Å². The lowest BCUT2D eigenvalue weighted by Gasteiger charge is -2.23. The minimum Gasteiger partial charge on any atom is -0.383 e. The van der Waals surface area contributed by atoms with E-state index in [1.165, 1.54) is 11.3 Å². The maximum absolute atomic E-state index is 12.5. The molecule has 1 saturated heterocycles. The Morgan fingerprint density at radius 2 is 2.33 bits per heavy atom. The number of nitrogens with zero attached hydrogens (tertiary/aromatic N) is 2. The molecule has 24 heavy (non-hydrogen) atoms. The number of carbonyl (C=O) groups is 2. The molecule has 0 bridgehead atoms. The molecule has 0 unspecified atom stereocenters. The van der Waals surface area contributed by atoms with Crippen molar-refractivity contribution in [2.24, 2.45) is 5.92 Å². The molecular formula is C17H21N3O3S. The van der Waals surface area contributed by atoms with Gasteiger partial charge in [0.1, 0.15) is 0 Å². The van der Waals surface area contributed by atoms with Gasteiger partial charge >= 0.3 is 0 Å². The molecular weight excluding hydrogens is 326 g/mol. The number of carbonyl (C=O) groups excluding carboxylic acids is 2. The standard InChI is InChI=1S/C17H21N3O3S/c1-10-4-5-13-14(6-10)24-17(18-13)19-16(22)12-7-15(21)20(8-12)11(2)9-23-3/h4-6,11-12H,7-9H2,1-3H3,(H,18,19,22)/t11-,12+/m1/s1. The van der Waals surface area contributed by atoms with Crippen LogP contribution in [0.5, 0.6) is 0 Å². The van der Waals surface area contributed by atoms with Gasteiger partial charge in [0.15, 0.2) is 5.13 Å². The molecule has 1 N–H and O–H groups in total. The van der Waals surface area contributed by atoms with Crippen molar-refractivity contribution >= 4 is 38.5 Å². The van der Waals surface area contributed by atoms with E-state index in [4.69, 9.17) is 4.74 Å². The monoisotopic (exact) mass is 347 g/mol. The van der Waals surface area contributed by atoms with Crippen molar-refractivity contribution in [3.05, 3.63) is 23.8 Å². The first-order chi connectivity index (χ1) is 11.5. The number of nitrogens with one attached hydrogen (secondary N) is 1. The first kappa shape index (κ1) is 16.9. The summed E-state index contributed by atoms with van der Waals surface area (Å²) in [5.41, 5.74) is 2.03. The average Bonchev–Trinajstić information content (AvgIpc) is 3.10. The van der Waals surface area contributed by atoms with E-state index < -0.39 is 0 Å². The van der Waals surface area contributed by atoms with Crippen LogP contribution in [0.2, 0.25) is 0 Å². The number of amides is 2. The molecule has 1 fully saturated rings. The van der Waals surface area contributed by atoms with E-state index in [1.54, 1.807) is 12.0 Å². The zero-order valence-electron chi connectivity index (χ0n) is 14.0. The molecule has 0 saturated carbocycles. The summed E-state index contributed by atoms with van der Waals surface area (Å²) in [7, 11) is 1.61. The summed E-state index contributed by atoms with van der Waals surface area (Å²) in [5.74, 6) is -0.489. The molecule has 1 aliphatic rings. The molecule has 2 heterocycles. The maximum Gasteiger partial charge on any atom is 0.231 e. The van der Waals surface area contributed by atoms with E-state index in [0.29, 0.717) is 18.3 Å². The number of ether oxygens (including phenoxy) is 1. The van der Waals surface area contributed by atoms with Crippen LogP contribution in [0.3, 0.4) is 0 Å². The van der Waals surface area contributed by atoms with Crippen molar-refractivity contribution in [2.75, 3.05) is 25.6 Å². The van der Waals surface area contributed by atoms with Crippen molar-refractivity contribution in [2.45, 2.75) is 26.3 Å². The minimum atomic E-state index is -0.342. The highest BCUT2D eigenvalue weighted by molar-refractivity contribution is 7.22. The van der Waals surface area contributed by atoms with Crippen LogP contribution in [0.15, 0.2) is 18.2 Å². The number of anilines is 1. The molecule has 3 rings (SSSR count). The van der Waals surface area contributed by atoms with Crippen molar-refractivity contribution in [1.29, 1.82) is 0 Å². The largest absolute Gasteiger partial charge is 0.383 e. The lowest BCUT2D eigenvalue weighted by atomic mass is 10.1. The van der Waals surface area contributed by atoms with Crippen molar-refractivity contribution in [3.63, 3.8) is 0 Å². The van der Waals surface area contributed by atoms with E-state index in [2.05, 4.69) is 16.4 Å². The topological polar surface area (TPSA) is 71.5 Å². The van der Waals surface area contributed by atoms with Gasteiger partial charge in [0.25, 0.3) is 0 Å². The SMILES string of the molecule is COC[C@@H](C)N1C[C@@H](C(=O)Nc2nc3ccc(C)cc3s2)CC1=O. The Morgan fingerprint density at radius 3 is 3.08 bits per heavy atom. The van der Waals surface area contributed by atoms with E-state index in [9.17, 15) is 9.59 Å². The fraction of sp³-hybridized carbons (Fsp3) is 0.471. The van der Waals surface area contributed by atoms with Crippen LogP contribution in [-0.2, 0) is 14.3 Å². The summed E-state index contributed by atoms with van der Waals surface area (Å²) in [6.07, 6.45) is 0.240. The molecule has 1 aromatic heterocycles. The first-order valence-electron chi connectivity index (χ1n) is 7.94. The molecule has 2 atom stereocenters. The summed E-state index contributed by atoms with van der Waals surface area (Å²) < 4.78 is 6.14. The minimum absolute atomic E-state index is 0.000348. The number of aromatic nitrogens is 1. The van der Waals surface area contributed by atoms with Crippen molar-refractivity contribution < 1.29 is 14.3 Å². The van der Waals surface area contributed by atoms with Gasteiger partial charge in [0, 0.05) is 20.1 Å². The Morgan fingerprint density at radius 1 is 1.54 bits per heavy atom. The fourth-order valence-corrected chi connectivity index (χ4v) is 3.92. The Bertz CT molecular complexity index is 774. The Balaban J connectivity index is 1.67. The van der Waals surface area contributed by atoms with Crippen LogP contribution in [0, 0.1) is 12.8 Å².